The molecule has 0 saturated carbocycles. The van der Waals surface area contributed by atoms with Crippen molar-refractivity contribution in [2.75, 3.05) is 45.1 Å². The molecule has 1 saturated heterocycles. The highest BCUT2D eigenvalue weighted by Crippen LogP contribution is 2.25. The zero-order chi connectivity index (χ0) is 19.5. The summed E-state index contributed by atoms with van der Waals surface area (Å²) in [5.74, 6) is -0.0320. The van der Waals surface area contributed by atoms with Gasteiger partial charge in [-0.15, -0.1) is 0 Å². The first-order chi connectivity index (χ1) is 13.6. The van der Waals surface area contributed by atoms with Crippen molar-refractivity contribution in [3.63, 3.8) is 0 Å². The summed E-state index contributed by atoms with van der Waals surface area (Å²) in [5.41, 5.74) is 1.77. The van der Waals surface area contributed by atoms with Gasteiger partial charge >= 0.3 is 0 Å². The molecule has 0 radical (unpaired) electrons. The highest BCUT2D eigenvalue weighted by atomic mass is 19.1. The van der Waals surface area contributed by atoms with E-state index in [9.17, 15) is 9.18 Å². The minimum absolute atomic E-state index is 0.0599. The zero-order valence-corrected chi connectivity index (χ0v) is 15.7. The number of pyridine rings is 2. The standard InChI is InChI=1S/C21H22FN5O/c1-26-6-8-27(9-7-26)14-21(28)25-20-11-18-10-15(2-3-17(18)13-24-20)16-4-5-19(22)23-12-16/h2-5,10-13H,6-9,14H2,1H3,(H,24,25,28). The summed E-state index contributed by atoms with van der Waals surface area (Å²) in [6.45, 7) is 4.11. The van der Waals surface area contributed by atoms with Gasteiger partial charge in [-0.05, 0) is 42.3 Å². The molecule has 0 aliphatic carbocycles. The maximum atomic E-state index is 13.1. The first-order valence-electron chi connectivity index (χ1n) is 9.29. The van der Waals surface area contributed by atoms with Crippen molar-refractivity contribution < 1.29 is 9.18 Å². The van der Waals surface area contributed by atoms with Gasteiger partial charge in [-0.2, -0.15) is 4.39 Å². The molecule has 3 heterocycles. The van der Waals surface area contributed by atoms with Crippen molar-refractivity contribution in [1.29, 1.82) is 0 Å². The van der Waals surface area contributed by atoms with Crippen LogP contribution in [0.3, 0.4) is 0 Å². The van der Waals surface area contributed by atoms with Crippen molar-refractivity contribution in [1.82, 2.24) is 19.8 Å². The van der Waals surface area contributed by atoms with Gasteiger partial charge in [0.05, 0.1) is 6.54 Å². The van der Waals surface area contributed by atoms with Crippen LogP contribution < -0.4 is 5.32 Å². The molecule has 144 valence electrons. The van der Waals surface area contributed by atoms with Crippen LogP contribution >= 0.6 is 0 Å². The van der Waals surface area contributed by atoms with E-state index in [1.54, 1.807) is 12.3 Å². The lowest BCUT2D eigenvalue weighted by Crippen LogP contribution is -2.47. The zero-order valence-electron chi connectivity index (χ0n) is 15.7. The van der Waals surface area contributed by atoms with Crippen molar-refractivity contribution in [2.45, 2.75) is 0 Å². The number of hydrogen-bond acceptors (Lipinski definition) is 5. The summed E-state index contributed by atoms with van der Waals surface area (Å²) in [6.07, 6.45) is 3.25. The number of halogens is 1. The molecule has 2 aromatic heterocycles. The summed E-state index contributed by atoms with van der Waals surface area (Å²) < 4.78 is 13.1. The van der Waals surface area contributed by atoms with E-state index < -0.39 is 5.95 Å². The maximum Gasteiger partial charge on any atom is 0.239 e. The van der Waals surface area contributed by atoms with Crippen LogP contribution in [0.5, 0.6) is 0 Å². The number of aromatic nitrogens is 2. The Hall–Kier alpha value is -2.90. The molecule has 4 rings (SSSR count). The second-order valence-electron chi connectivity index (χ2n) is 7.13. The number of nitrogens with one attached hydrogen (secondary N) is 1. The summed E-state index contributed by atoms with van der Waals surface area (Å²) in [5, 5.41) is 4.81. The number of carbonyl (C=O) groups excluding carboxylic acids is 1. The number of hydrogen-bond donors (Lipinski definition) is 1. The molecule has 7 heteroatoms. The smallest absolute Gasteiger partial charge is 0.239 e. The number of amides is 1. The molecule has 1 aliphatic rings. The second-order valence-corrected chi connectivity index (χ2v) is 7.13. The highest BCUT2D eigenvalue weighted by molar-refractivity contribution is 5.94. The average molecular weight is 379 g/mol. The molecule has 1 amide bonds. The molecule has 0 atom stereocenters. The van der Waals surface area contributed by atoms with Crippen LogP contribution in [0.2, 0.25) is 0 Å². The van der Waals surface area contributed by atoms with E-state index in [0.717, 1.165) is 48.1 Å². The van der Waals surface area contributed by atoms with Gasteiger partial charge in [0, 0.05) is 49.5 Å². The van der Waals surface area contributed by atoms with E-state index >= 15 is 0 Å². The second kappa shape index (κ2) is 8.00. The van der Waals surface area contributed by atoms with Gasteiger partial charge in [-0.1, -0.05) is 12.1 Å². The van der Waals surface area contributed by atoms with E-state index in [2.05, 4.69) is 32.1 Å². The van der Waals surface area contributed by atoms with Crippen molar-refractivity contribution in [2.24, 2.45) is 0 Å². The average Bonchev–Trinajstić information content (AvgIpc) is 2.70. The molecule has 0 bridgehead atoms. The largest absolute Gasteiger partial charge is 0.310 e. The summed E-state index contributed by atoms with van der Waals surface area (Å²) in [4.78, 5) is 24.8. The van der Waals surface area contributed by atoms with Crippen LogP contribution in [0.4, 0.5) is 10.2 Å². The van der Waals surface area contributed by atoms with E-state index in [0.29, 0.717) is 12.4 Å². The number of fused-ring (bicyclic) bond motifs is 1. The molecule has 28 heavy (non-hydrogen) atoms. The van der Waals surface area contributed by atoms with Gasteiger partial charge in [0.25, 0.3) is 0 Å². The van der Waals surface area contributed by atoms with Gasteiger partial charge in [0.2, 0.25) is 11.9 Å². The van der Waals surface area contributed by atoms with Crippen LogP contribution in [0.15, 0.2) is 48.8 Å². The van der Waals surface area contributed by atoms with Crippen molar-refractivity contribution in [3.8, 4) is 11.1 Å². The first-order valence-corrected chi connectivity index (χ1v) is 9.29. The maximum absolute atomic E-state index is 13.1. The predicted molar refractivity (Wildman–Crippen MR) is 107 cm³/mol. The van der Waals surface area contributed by atoms with Crippen LogP contribution in [0.1, 0.15) is 0 Å². The lowest BCUT2D eigenvalue weighted by molar-refractivity contribution is -0.117. The van der Waals surface area contributed by atoms with E-state index in [1.807, 2.05) is 24.3 Å². The lowest BCUT2D eigenvalue weighted by atomic mass is 10.0. The summed E-state index contributed by atoms with van der Waals surface area (Å²) >= 11 is 0. The molecule has 6 nitrogen and oxygen atoms in total. The number of piperazine rings is 1. The van der Waals surface area contributed by atoms with Gasteiger partial charge in [-0.3, -0.25) is 9.69 Å². The fourth-order valence-corrected chi connectivity index (χ4v) is 3.33. The number of carbonyl (C=O) groups is 1. The Bertz CT molecular complexity index is 984. The first kappa shape index (κ1) is 18.5. The number of nitrogens with zero attached hydrogens (tertiary/aromatic N) is 4. The minimum atomic E-state index is -0.501. The molecule has 1 aromatic carbocycles. The molecule has 1 fully saturated rings. The molecular weight excluding hydrogens is 357 g/mol. The Morgan fingerprint density at radius 2 is 1.79 bits per heavy atom. The molecule has 3 aromatic rings. The van der Waals surface area contributed by atoms with Crippen LogP contribution in [-0.4, -0.2) is 65.4 Å². The fraction of sp³-hybridized carbons (Fsp3) is 0.286. The Morgan fingerprint density at radius 1 is 1.00 bits per heavy atom. The van der Waals surface area contributed by atoms with E-state index in [-0.39, 0.29) is 5.91 Å². The third-order valence-corrected chi connectivity index (χ3v) is 5.01. The van der Waals surface area contributed by atoms with Gasteiger partial charge < -0.3 is 10.2 Å². The molecule has 0 spiro atoms. The molecule has 0 unspecified atom stereocenters. The summed E-state index contributed by atoms with van der Waals surface area (Å²) in [7, 11) is 2.09. The molecular formula is C21H22FN5O. The Kier molecular flexibility index (Phi) is 5.27. The lowest BCUT2D eigenvalue weighted by Gasteiger charge is -2.31. The van der Waals surface area contributed by atoms with Crippen LogP contribution in [-0.2, 0) is 4.79 Å². The number of anilines is 1. The number of rotatable bonds is 4. The minimum Gasteiger partial charge on any atom is -0.310 e. The van der Waals surface area contributed by atoms with Gasteiger partial charge in [-0.25, -0.2) is 9.97 Å². The molecule has 1 N–H and O–H groups in total. The van der Waals surface area contributed by atoms with Crippen LogP contribution in [0.25, 0.3) is 21.9 Å². The topological polar surface area (TPSA) is 61.4 Å². The van der Waals surface area contributed by atoms with Crippen molar-refractivity contribution >= 4 is 22.5 Å². The SMILES string of the molecule is CN1CCN(CC(=O)Nc2cc3cc(-c4ccc(F)nc4)ccc3cn2)CC1. The fourth-order valence-electron chi connectivity index (χ4n) is 3.33. The Morgan fingerprint density at radius 3 is 2.54 bits per heavy atom. The van der Waals surface area contributed by atoms with E-state index in [1.165, 1.54) is 12.3 Å². The van der Waals surface area contributed by atoms with Crippen molar-refractivity contribution in [3.05, 3.63) is 54.7 Å². The Balaban J connectivity index is 1.48. The predicted octanol–water partition coefficient (Wildman–Crippen LogP) is 2.62. The third-order valence-electron chi connectivity index (χ3n) is 5.01. The Labute approximate surface area is 163 Å². The third kappa shape index (κ3) is 4.32. The monoisotopic (exact) mass is 379 g/mol. The molecule has 1 aliphatic heterocycles. The number of likely N-dealkylation sites (N-methyl/N-ethyl adjacent to an activating group) is 1. The van der Waals surface area contributed by atoms with Crippen LogP contribution in [0, 0.1) is 5.95 Å². The quantitative estimate of drug-likeness (QED) is 0.706. The number of benzene rings is 1. The van der Waals surface area contributed by atoms with Gasteiger partial charge in [0.1, 0.15) is 5.82 Å². The normalized spacial score (nSPS) is 15.6. The summed E-state index contributed by atoms with van der Waals surface area (Å²) in [6, 6.07) is 10.8. The van der Waals surface area contributed by atoms with Gasteiger partial charge in [0.15, 0.2) is 0 Å². The highest BCUT2D eigenvalue weighted by Gasteiger charge is 2.16. The van der Waals surface area contributed by atoms with E-state index in [4.69, 9.17) is 0 Å².